The first-order valence-electron chi connectivity index (χ1n) is 5.36. The Bertz CT molecular complexity index is 731. The first-order chi connectivity index (χ1) is 8.78. The highest BCUT2D eigenvalue weighted by atomic mass is 15.3. The van der Waals surface area contributed by atoms with Gasteiger partial charge in [0.25, 0.3) is 0 Å². The summed E-state index contributed by atoms with van der Waals surface area (Å²) < 4.78 is 1.62. The highest BCUT2D eigenvalue weighted by molar-refractivity contribution is 5.73. The van der Waals surface area contributed by atoms with Crippen molar-refractivity contribution in [3.05, 3.63) is 42.1 Å². The number of benzene rings is 1. The number of aromatic nitrogens is 3. The lowest BCUT2D eigenvalue weighted by atomic mass is 10.3. The molecule has 0 radical (unpaired) electrons. The number of nitrogens with two attached hydrogens (primary N) is 1. The van der Waals surface area contributed by atoms with E-state index in [1.807, 2.05) is 30.3 Å². The Hall–Kier alpha value is -2.94. The number of nitrogens with one attached hydrogen (secondary N) is 2. The first kappa shape index (κ1) is 10.2. The molecule has 0 aliphatic rings. The molecular weight excluding hydrogens is 228 g/mol. The maximum atomic E-state index is 9.19. The highest BCUT2D eigenvalue weighted by Crippen LogP contribution is 2.23. The number of rotatable bonds is 2. The number of aromatic amines is 1. The Labute approximate surface area is 103 Å². The fourth-order valence-corrected chi connectivity index (χ4v) is 1.81. The van der Waals surface area contributed by atoms with Crippen molar-refractivity contribution in [3.63, 3.8) is 0 Å². The second-order valence-electron chi connectivity index (χ2n) is 3.82. The van der Waals surface area contributed by atoms with Gasteiger partial charge in [-0.2, -0.15) is 5.26 Å². The van der Waals surface area contributed by atoms with Gasteiger partial charge >= 0.3 is 0 Å². The van der Waals surface area contributed by atoms with Crippen molar-refractivity contribution in [2.75, 3.05) is 11.1 Å². The predicted molar refractivity (Wildman–Crippen MR) is 68.4 cm³/mol. The lowest BCUT2D eigenvalue weighted by molar-refractivity contribution is 0.978. The summed E-state index contributed by atoms with van der Waals surface area (Å²) in [4.78, 5) is 4.09. The maximum Gasteiger partial charge on any atom is 0.175 e. The van der Waals surface area contributed by atoms with Gasteiger partial charge in [0.15, 0.2) is 5.65 Å². The van der Waals surface area contributed by atoms with Gasteiger partial charge in [-0.3, -0.25) is 5.10 Å². The van der Waals surface area contributed by atoms with E-state index in [2.05, 4.69) is 21.5 Å². The second kappa shape index (κ2) is 3.82. The Morgan fingerprint density at radius 1 is 1.33 bits per heavy atom. The number of hydrogen-bond acceptors (Lipinski definition) is 4. The molecule has 0 spiro atoms. The second-order valence-corrected chi connectivity index (χ2v) is 3.82. The molecule has 0 atom stereocenters. The minimum absolute atomic E-state index is 0.379. The molecule has 1 aromatic carbocycles. The zero-order valence-corrected chi connectivity index (χ0v) is 9.38. The lowest BCUT2D eigenvalue weighted by Crippen LogP contribution is -1.93. The van der Waals surface area contributed by atoms with Crippen LogP contribution in [-0.2, 0) is 0 Å². The van der Waals surface area contributed by atoms with Gasteiger partial charge in [0.05, 0.1) is 6.20 Å². The summed E-state index contributed by atoms with van der Waals surface area (Å²) in [6.45, 7) is 0. The summed E-state index contributed by atoms with van der Waals surface area (Å²) in [5, 5.41) is 15.4. The van der Waals surface area contributed by atoms with Crippen LogP contribution in [0.25, 0.3) is 5.65 Å². The molecule has 2 heterocycles. The fourth-order valence-electron chi connectivity index (χ4n) is 1.81. The van der Waals surface area contributed by atoms with Gasteiger partial charge in [-0.25, -0.2) is 9.50 Å². The van der Waals surface area contributed by atoms with Gasteiger partial charge in [-0.05, 0) is 12.1 Å². The summed E-state index contributed by atoms with van der Waals surface area (Å²) in [6.07, 6.45) is 1.63. The molecule has 0 fully saturated rings. The fraction of sp³-hybridized carbons (Fsp3) is 0. The van der Waals surface area contributed by atoms with Crippen LogP contribution in [0.3, 0.4) is 0 Å². The van der Waals surface area contributed by atoms with Crippen molar-refractivity contribution in [3.8, 4) is 6.07 Å². The number of nitriles is 1. The van der Waals surface area contributed by atoms with Crippen molar-refractivity contribution >= 4 is 23.0 Å². The van der Waals surface area contributed by atoms with Gasteiger partial charge in [0.2, 0.25) is 0 Å². The van der Waals surface area contributed by atoms with Crippen LogP contribution >= 0.6 is 0 Å². The van der Waals surface area contributed by atoms with Crippen molar-refractivity contribution in [1.82, 2.24) is 14.6 Å². The molecule has 4 N–H and O–H groups in total. The maximum absolute atomic E-state index is 9.19. The Balaban J connectivity index is 2.07. The number of anilines is 3. The van der Waals surface area contributed by atoms with E-state index >= 15 is 0 Å². The molecular formula is C12H10N6. The molecule has 6 heteroatoms. The number of H-pyrrole nitrogens is 1. The van der Waals surface area contributed by atoms with E-state index in [1.54, 1.807) is 10.7 Å². The molecule has 0 bridgehead atoms. The monoisotopic (exact) mass is 238 g/mol. The molecule has 3 rings (SSSR count). The topological polar surface area (TPSA) is 94.9 Å². The van der Waals surface area contributed by atoms with Gasteiger partial charge in [0, 0.05) is 5.69 Å². The molecule has 0 unspecified atom stereocenters. The zero-order chi connectivity index (χ0) is 12.5. The summed E-state index contributed by atoms with van der Waals surface area (Å²) in [5.41, 5.74) is 7.44. The summed E-state index contributed by atoms with van der Waals surface area (Å²) in [7, 11) is 0. The Kier molecular flexibility index (Phi) is 2.17. The Morgan fingerprint density at radius 3 is 2.83 bits per heavy atom. The van der Waals surface area contributed by atoms with Gasteiger partial charge in [-0.15, -0.1) is 0 Å². The molecule has 6 nitrogen and oxygen atoms in total. The van der Waals surface area contributed by atoms with Crippen LogP contribution in [0.2, 0.25) is 0 Å². The van der Waals surface area contributed by atoms with Crippen LogP contribution in [0.5, 0.6) is 0 Å². The number of hydrogen-bond donors (Lipinski definition) is 3. The quantitative estimate of drug-likeness (QED) is 0.635. The normalized spacial score (nSPS) is 10.4. The SMILES string of the molecule is N#Cc1c(Nc2ccccc2)[nH]n2cc(N)nc12. The molecule has 88 valence electrons. The number of nitrogens with zero attached hydrogens (tertiary/aromatic N) is 3. The van der Waals surface area contributed by atoms with Crippen LogP contribution in [0.15, 0.2) is 36.5 Å². The summed E-state index contributed by atoms with van der Waals surface area (Å²) in [6, 6.07) is 11.7. The van der Waals surface area contributed by atoms with Crippen molar-refractivity contribution < 1.29 is 0 Å². The highest BCUT2D eigenvalue weighted by Gasteiger charge is 2.13. The lowest BCUT2D eigenvalue weighted by Gasteiger charge is -2.02. The molecule has 0 amide bonds. The van der Waals surface area contributed by atoms with Crippen molar-refractivity contribution in [1.29, 1.82) is 5.26 Å². The van der Waals surface area contributed by atoms with Gasteiger partial charge in [0.1, 0.15) is 23.3 Å². The third kappa shape index (κ3) is 1.55. The molecule has 3 aromatic rings. The standard InChI is InChI=1S/C12H10N6/c13-6-9-11(15-8-4-2-1-3-5-8)17-18-7-10(14)16-12(9)18/h1-5,7,15,17H,14H2. The van der Waals surface area contributed by atoms with E-state index in [0.29, 0.717) is 22.8 Å². The molecule has 18 heavy (non-hydrogen) atoms. The third-order valence-electron chi connectivity index (χ3n) is 2.59. The Morgan fingerprint density at radius 2 is 2.11 bits per heavy atom. The number of fused-ring (bicyclic) bond motifs is 1. The smallest absolute Gasteiger partial charge is 0.175 e. The van der Waals surface area contributed by atoms with E-state index < -0.39 is 0 Å². The average Bonchev–Trinajstić information content (AvgIpc) is 2.85. The van der Waals surface area contributed by atoms with Crippen LogP contribution in [0.1, 0.15) is 5.56 Å². The minimum atomic E-state index is 0.379. The van der Waals surface area contributed by atoms with E-state index in [-0.39, 0.29) is 0 Å². The average molecular weight is 238 g/mol. The minimum Gasteiger partial charge on any atom is -0.382 e. The van der Waals surface area contributed by atoms with Gasteiger partial charge in [-0.1, -0.05) is 18.2 Å². The number of nitrogen functional groups attached to an aromatic ring is 1. The van der Waals surface area contributed by atoms with E-state index in [9.17, 15) is 5.26 Å². The van der Waals surface area contributed by atoms with Crippen LogP contribution in [0.4, 0.5) is 17.3 Å². The molecule has 0 saturated carbocycles. The summed E-state index contributed by atoms with van der Waals surface area (Å²) in [5.74, 6) is 0.982. The van der Waals surface area contributed by atoms with Crippen molar-refractivity contribution in [2.45, 2.75) is 0 Å². The number of imidazole rings is 1. The van der Waals surface area contributed by atoms with Crippen LogP contribution in [-0.4, -0.2) is 14.6 Å². The molecule has 2 aromatic heterocycles. The van der Waals surface area contributed by atoms with Crippen molar-refractivity contribution in [2.24, 2.45) is 0 Å². The number of para-hydroxylation sites is 1. The third-order valence-corrected chi connectivity index (χ3v) is 2.59. The molecule has 0 aliphatic heterocycles. The molecule has 0 saturated heterocycles. The summed E-state index contributed by atoms with van der Waals surface area (Å²) >= 11 is 0. The molecule has 0 aliphatic carbocycles. The first-order valence-corrected chi connectivity index (χ1v) is 5.36. The van der Waals surface area contributed by atoms with E-state index in [1.165, 1.54) is 0 Å². The largest absolute Gasteiger partial charge is 0.382 e. The predicted octanol–water partition coefficient (Wildman–Crippen LogP) is 1.86. The van der Waals surface area contributed by atoms with Crippen LogP contribution in [0, 0.1) is 11.3 Å². The van der Waals surface area contributed by atoms with E-state index in [0.717, 1.165) is 5.69 Å². The van der Waals surface area contributed by atoms with E-state index in [4.69, 9.17) is 5.73 Å². The zero-order valence-electron chi connectivity index (χ0n) is 9.38. The van der Waals surface area contributed by atoms with Crippen LogP contribution < -0.4 is 11.1 Å². The van der Waals surface area contributed by atoms with Gasteiger partial charge < -0.3 is 11.1 Å².